The van der Waals surface area contributed by atoms with E-state index >= 15 is 0 Å². The summed E-state index contributed by atoms with van der Waals surface area (Å²) in [5.41, 5.74) is 5.98. The maximum Gasteiger partial charge on any atom is 0.329 e. The largest absolute Gasteiger partial charge is 0.450 e. The molecular weight excluding hydrogens is 327 g/mol. The molecule has 2 aromatic heterocycles. The topological polar surface area (TPSA) is 93.5 Å². The fourth-order valence-corrected chi connectivity index (χ4v) is 6.06. The van der Waals surface area contributed by atoms with Crippen molar-refractivity contribution in [2.45, 2.75) is 38.2 Å². The molecule has 0 saturated heterocycles. The summed E-state index contributed by atoms with van der Waals surface area (Å²) in [4.78, 5) is 7.56. The molecule has 6 rings (SSSR count). The third-order valence-electron chi connectivity index (χ3n) is 6.80. The third kappa shape index (κ3) is 2.20. The van der Waals surface area contributed by atoms with Gasteiger partial charge in [-0.3, -0.25) is 0 Å². The first-order chi connectivity index (χ1) is 12.6. The van der Waals surface area contributed by atoms with Crippen molar-refractivity contribution in [2.24, 2.45) is 28.8 Å². The molecule has 4 bridgehead atoms. The van der Waals surface area contributed by atoms with Gasteiger partial charge in [-0.15, -0.1) is 0 Å². The molecule has 7 heteroatoms. The molecule has 135 valence electrons. The number of aromatic amines is 1. The zero-order valence-corrected chi connectivity index (χ0v) is 14.9. The summed E-state index contributed by atoms with van der Waals surface area (Å²) in [5, 5.41) is 26.8. The van der Waals surface area contributed by atoms with E-state index in [0.29, 0.717) is 17.3 Å². The molecule has 5 unspecified atom stereocenters. The quantitative estimate of drug-likeness (QED) is 0.366. The van der Waals surface area contributed by atoms with E-state index in [9.17, 15) is 10.1 Å². The van der Waals surface area contributed by atoms with Crippen LogP contribution in [0.4, 0.5) is 0 Å². The first kappa shape index (κ1) is 16.3. The number of hydrogen-bond acceptors (Lipinski definition) is 5. The van der Waals surface area contributed by atoms with Gasteiger partial charge in [0.05, 0.1) is 11.3 Å². The maximum absolute atomic E-state index is 11.2. The van der Waals surface area contributed by atoms with Crippen LogP contribution < -0.4 is 10.9 Å². The summed E-state index contributed by atoms with van der Waals surface area (Å²) in [7, 11) is 1.12. The summed E-state index contributed by atoms with van der Waals surface area (Å²) in [6, 6.07) is 1.99. The van der Waals surface area contributed by atoms with E-state index < -0.39 is 5.60 Å². The molecule has 4 N–H and O–H groups in total. The van der Waals surface area contributed by atoms with E-state index in [1.54, 1.807) is 6.20 Å². The van der Waals surface area contributed by atoms with Gasteiger partial charge >= 0.3 is 7.48 Å². The number of pyridine rings is 1. The lowest BCUT2D eigenvalue weighted by Crippen LogP contribution is -2.37. The van der Waals surface area contributed by atoms with E-state index in [2.05, 4.69) is 15.4 Å². The minimum absolute atomic E-state index is 0.219. The molecule has 5 atom stereocenters. The number of hydrazone groups is 1. The lowest BCUT2D eigenvalue weighted by atomic mass is 9.70. The minimum atomic E-state index is -0.529. The lowest BCUT2D eigenvalue weighted by molar-refractivity contribution is 0.00919. The molecule has 2 aromatic rings. The first-order valence-electron chi connectivity index (χ1n) is 9.61. The van der Waals surface area contributed by atoms with E-state index in [4.69, 9.17) is 5.10 Å². The molecule has 0 aromatic carbocycles. The summed E-state index contributed by atoms with van der Waals surface area (Å²) in [6.45, 7) is 2.76. The Balaban J connectivity index is 1.68. The van der Waals surface area contributed by atoms with Crippen molar-refractivity contribution in [3.63, 3.8) is 0 Å². The Morgan fingerprint density at radius 2 is 2.35 bits per heavy atom. The van der Waals surface area contributed by atoms with Crippen molar-refractivity contribution in [3.8, 4) is 0 Å². The van der Waals surface area contributed by atoms with E-state index in [1.807, 2.05) is 19.2 Å². The van der Waals surface area contributed by atoms with Crippen molar-refractivity contribution in [1.29, 1.82) is 0 Å². The normalized spacial score (nSPS) is 35.4. The van der Waals surface area contributed by atoms with Crippen LogP contribution in [0.5, 0.6) is 0 Å². The molecular formula is C19H24BN4O2. The van der Waals surface area contributed by atoms with Crippen molar-refractivity contribution in [1.82, 2.24) is 15.4 Å². The summed E-state index contributed by atoms with van der Waals surface area (Å²) < 4.78 is 0. The van der Waals surface area contributed by atoms with Gasteiger partial charge in [-0.1, -0.05) is 0 Å². The monoisotopic (exact) mass is 351 g/mol. The zero-order chi connectivity index (χ0) is 17.9. The molecule has 4 fully saturated rings. The Labute approximate surface area is 153 Å². The van der Waals surface area contributed by atoms with Gasteiger partial charge in [-0.25, -0.2) is 4.98 Å². The fraction of sp³-hybridized carbons (Fsp3) is 0.579. The number of H-pyrrole nitrogens is 1. The molecule has 0 spiro atoms. The van der Waals surface area contributed by atoms with Crippen LogP contribution in [0.2, 0.25) is 0 Å². The fourth-order valence-electron chi connectivity index (χ4n) is 6.06. The lowest BCUT2D eigenvalue weighted by Gasteiger charge is -2.33. The van der Waals surface area contributed by atoms with Crippen molar-refractivity contribution in [3.05, 3.63) is 24.0 Å². The summed E-state index contributed by atoms with van der Waals surface area (Å²) >= 11 is 0. The summed E-state index contributed by atoms with van der Waals surface area (Å²) in [6.07, 6.45) is 7.64. The highest BCUT2D eigenvalue weighted by Gasteiger charge is 2.63. The number of fused-ring (bicyclic) bond motifs is 1. The number of hydrogen-bond donors (Lipinski definition) is 4. The second kappa shape index (κ2) is 5.82. The average Bonchev–Trinajstić information content (AvgIpc) is 3.24. The predicted molar refractivity (Wildman–Crippen MR) is 101 cm³/mol. The van der Waals surface area contributed by atoms with Crippen molar-refractivity contribution >= 4 is 29.7 Å². The van der Waals surface area contributed by atoms with Crippen LogP contribution >= 0.6 is 0 Å². The second-order valence-electron chi connectivity index (χ2n) is 8.21. The maximum atomic E-state index is 11.2. The molecule has 4 aliphatic rings. The van der Waals surface area contributed by atoms with E-state index in [0.717, 1.165) is 55.6 Å². The van der Waals surface area contributed by atoms with Gasteiger partial charge in [0.1, 0.15) is 5.65 Å². The number of aromatic nitrogens is 2. The highest BCUT2D eigenvalue weighted by atomic mass is 16.3. The number of nitrogens with one attached hydrogen (secondary N) is 2. The van der Waals surface area contributed by atoms with Crippen LogP contribution in [-0.2, 0) is 0 Å². The highest BCUT2D eigenvalue weighted by Crippen LogP contribution is 2.63. The second-order valence-corrected chi connectivity index (χ2v) is 8.21. The highest BCUT2D eigenvalue weighted by molar-refractivity contribution is 6.49. The van der Waals surface area contributed by atoms with Crippen molar-refractivity contribution < 1.29 is 10.1 Å². The number of nitrogens with zero attached hydrogens (tertiary/aromatic N) is 2. The zero-order valence-electron chi connectivity index (χ0n) is 14.9. The number of aliphatic hydroxyl groups is 1. The van der Waals surface area contributed by atoms with Gasteiger partial charge < -0.3 is 20.5 Å². The van der Waals surface area contributed by atoms with Crippen LogP contribution in [0.25, 0.3) is 11.0 Å². The number of rotatable bonds is 5. The molecule has 1 radical (unpaired) electrons. The minimum Gasteiger partial charge on any atom is -0.450 e. The van der Waals surface area contributed by atoms with E-state index in [-0.39, 0.29) is 11.8 Å². The Morgan fingerprint density at radius 3 is 3.12 bits per heavy atom. The first-order valence-corrected chi connectivity index (χ1v) is 9.61. The Morgan fingerprint density at radius 1 is 1.46 bits per heavy atom. The van der Waals surface area contributed by atoms with Gasteiger partial charge in [0.15, 0.2) is 0 Å². The molecule has 26 heavy (non-hydrogen) atoms. The smallest absolute Gasteiger partial charge is 0.329 e. The summed E-state index contributed by atoms with van der Waals surface area (Å²) in [5.74, 6) is 1.60. The van der Waals surface area contributed by atoms with Gasteiger partial charge in [0.2, 0.25) is 0 Å². The predicted octanol–water partition coefficient (Wildman–Crippen LogP) is 0.910. The van der Waals surface area contributed by atoms with Crippen molar-refractivity contribution in [2.75, 3.05) is 6.54 Å². The molecule has 4 saturated carbocycles. The van der Waals surface area contributed by atoms with Gasteiger partial charge in [0.25, 0.3) is 0 Å². The SMILES string of the molecule is CCN/N=C(\c1c([B]O)cnc2[nH]ccc12)C1C2CC3CC1C(O)(C3)C2. The van der Waals surface area contributed by atoms with Gasteiger partial charge in [-0.2, -0.15) is 5.10 Å². The Kier molecular flexibility index (Phi) is 3.66. The van der Waals surface area contributed by atoms with E-state index in [1.165, 1.54) is 6.42 Å². The molecule has 2 heterocycles. The van der Waals surface area contributed by atoms with Gasteiger partial charge in [0, 0.05) is 35.8 Å². The van der Waals surface area contributed by atoms with Crippen LogP contribution in [0.15, 0.2) is 23.6 Å². The van der Waals surface area contributed by atoms with Crippen LogP contribution in [0.1, 0.15) is 38.2 Å². The molecule has 4 aliphatic carbocycles. The Bertz CT molecular complexity index is 882. The van der Waals surface area contributed by atoms with Crippen LogP contribution in [0.3, 0.4) is 0 Å². The van der Waals surface area contributed by atoms with Crippen LogP contribution in [0, 0.1) is 23.7 Å². The molecule has 0 amide bonds. The van der Waals surface area contributed by atoms with Crippen LogP contribution in [-0.4, -0.2) is 45.4 Å². The third-order valence-corrected chi connectivity index (χ3v) is 6.80. The standard InChI is InChI=1S/C19H24BN4O2/c1-2-23-24-17(15-11-5-10-6-13(15)19(25,7-10)8-11)16-12-3-4-21-18(12)22-9-14(16)20-26/h3-4,9-11,13,15,23,25-26H,2,5-8H2,1H3,(H,21,22)/b24-17-. The molecule has 0 aliphatic heterocycles. The average molecular weight is 351 g/mol. The van der Waals surface area contributed by atoms with Gasteiger partial charge in [-0.05, 0) is 61.9 Å². The molecule has 6 nitrogen and oxygen atoms in total. The Hall–Kier alpha value is -1.86.